The molecule has 0 heterocycles. The third-order valence-electron chi connectivity index (χ3n) is 2.08. The van der Waals surface area contributed by atoms with Crippen molar-refractivity contribution in [3.05, 3.63) is 23.8 Å². The van der Waals surface area contributed by atoms with Crippen molar-refractivity contribution >= 4 is 26.1 Å². The molecule has 1 rings (SSSR count). The summed E-state index contributed by atoms with van der Waals surface area (Å²) in [5.41, 5.74) is -0.315. The molecule has 0 atom stereocenters. The molecule has 3 N–H and O–H groups in total. The molecule has 8 nitrogen and oxygen atoms in total. The highest BCUT2D eigenvalue weighted by molar-refractivity contribution is 7.86. The maximum atomic E-state index is 11.5. The van der Waals surface area contributed by atoms with E-state index in [4.69, 9.17) is 9.11 Å². The molecular weight excluding hydrogens is 298 g/mol. The molecule has 0 saturated heterocycles. The summed E-state index contributed by atoms with van der Waals surface area (Å²) >= 11 is 0. The van der Waals surface area contributed by atoms with Gasteiger partial charge in [-0.1, -0.05) is 0 Å². The van der Waals surface area contributed by atoms with Crippen molar-refractivity contribution in [2.45, 2.75) is 16.7 Å². The molecule has 0 aliphatic rings. The van der Waals surface area contributed by atoms with Crippen molar-refractivity contribution in [3.8, 4) is 0 Å². The first-order chi connectivity index (χ1) is 8.55. The van der Waals surface area contributed by atoms with Gasteiger partial charge in [-0.2, -0.15) is 16.8 Å². The monoisotopic (exact) mass is 309 g/mol. The predicted molar refractivity (Wildman–Crippen MR) is 64.1 cm³/mol. The second-order valence-corrected chi connectivity index (χ2v) is 6.35. The van der Waals surface area contributed by atoms with Gasteiger partial charge in [0.2, 0.25) is 0 Å². The van der Waals surface area contributed by atoms with E-state index in [2.05, 4.69) is 5.32 Å². The van der Waals surface area contributed by atoms with Crippen LogP contribution in [-0.4, -0.2) is 38.4 Å². The average Bonchev–Trinajstić information content (AvgIpc) is 2.26. The Morgan fingerprint density at radius 2 is 1.47 bits per heavy atom. The first-order valence-electron chi connectivity index (χ1n) is 4.94. The van der Waals surface area contributed by atoms with Crippen LogP contribution in [0.25, 0.3) is 0 Å². The summed E-state index contributed by atoms with van der Waals surface area (Å²) in [5, 5.41) is 2.33. The van der Waals surface area contributed by atoms with Crippen LogP contribution < -0.4 is 5.32 Å². The van der Waals surface area contributed by atoms with Crippen LogP contribution >= 0.6 is 0 Å². The third-order valence-corrected chi connectivity index (χ3v) is 3.74. The molecule has 1 aromatic carbocycles. The summed E-state index contributed by atoms with van der Waals surface area (Å²) < 4.78 is 61.7. The summed E-state index contributed by atoms with van der Waals surface area (Å²) in [6, 6.07) is 2.15. The van der Waals surface area contributed by atoms with Crippen molar-refractivity contribution in [1.82, 2.24) is 5.32 Å². The van der Waals surface area contributed by atoms with E-state index >= 15 is 0 Å². The van der Waals surface area contributed by atoms with E-state index in [9.17, 15) is 21.6 Å². The number of nitrogens with one attached hydrogen (secondary N) is 1. The van der Waals surface area contributed by atoms with Crippen LogP contribution in [0.5, 0.6) is 0 Å². The fourth-order valence-electron chi connectivity index (χ4n) is 1.26. The number of carbonyl (C=O) groups excluding carboxylic acids is 1. The number of hydrogen-bond acceptors (Lipinski definition) is 5. The molecule has 0 radical (unpaired) electrons. The third kappa shape index (κ3) is 3.99. The minimum atomic E-state index is -4.71. The Kier molecular flexibility index (Phi) is 4.30. The van der Waals surface area contributed by atoms with Gasteiger partial charge in [-0.15, -0.1) is 0 Å². The highest BCUT2D eigenvalue weighted by Crippen LogP contribution is 2.19. The molecule has 0 unspecified atom stereocenters. The first-order valence-corrected chi connectivity index (χ1v) is 7.82. The summed E-state index contributed by atoms with van der Waals surface area (Å²) in [4.78, 5) is 9.94. The Bertz CT molecular complexity index is 656. The molecular formula is C9H11NO7S2. The Morgan fingerprint density at radius 1 is 1.05 bits per heavy atom. The second kappa shape index (κ2) is 5.25. The minimum Gasteiger partial charge on any atom is -0.352 e. The zero-order chi connectivity index (χ0) is 14.8. The molecule has 0 aliphatic carbocycles. The van der Waals surface area contributed by atoms with Crippen molar-refractivity contribution in [3.63, 3.8) is 0 Å². The molecule has 19 heavy (non-hydrogen) atoms. The normalized spacial score (nSPS) is 12.2. The van der Waals surface area contributed by atoms with Gasteiger partial charge in [0.15, 0.2) is 0 Å². The van der Waals surface area contributed by atoms with Crippen LogP contribution in [0.15, 0.2) is 28.0 Å². The fourth-order valence-corrected chi connectivity index (χ4v) is 2.44. The maximum Gasteiger partial charge on any atom is 0.294 e. The lowest BCUT2D eigenvalue weighted by Crippen LogP contribution is -2.23. The number of benzene rings is 1. The molecule has 0 fully saturated rings. The van der Waals surface area contributed by atoms with Gasteiger partial charge in [0.25, 0.3) is 26.1 Å². The highest BCUT2D eigenvalue weighted by Gasteiger charge is 2.20. The van der Waals surface area contributed by atoms with Crippen LogP contribution in [-0.2, 0) is 20.2 Å². The number of carbonyl (C=O) groups is 1. The number of rotatable bonds is 4. The summed E-state index contributed by atoms with van der Waals surface area (Å²) in [6.07, 6.45) is 0. The average molecular weight is 309 g/mol. The summed E-state index contributed by atoms with van der Waals surface area (Å²) in [5.74, 6) is -0.738. The maximum absolute atomic E-state index is 11.5. The van der Waals surface area contributed by atoms with E-state index in [0.717, 1.165) is 12.1 Å². The van der Waals surface area contributed by atoms with Gasteiger partial charge in [-0.25, -0.2) is 0 Å². The SMILES string of the molecule is CCNC(=O)c1cc(S(=O)(=O)O)cc(S(=O)(=O)O)c1. The van der Waals surface area contributed by atoms with E-state index < -0.39 is 35.9 Å². The predicted octanol–water partition coefficient (Wildman–Crippen LogP) is -0.0703. The quantitative estimate of drug-likeness (QED) is 0.662. The van der Waals surface area contributed by atoms with Crippen molar-refractivity contribution in [1.29, 1.82) is 0 Å². The lowest BCUT2D eigenvalue weighted by molar-refractivity contribution is 0.0955. The molecule has 0 saturated carbocycles. The van der Waals surface area contributed by atoms with Crippen molar-refractivity contribution in [2.75, 3.05) is 6.54 Å². The Hall–Kier alpha value is -1.49. The molecule has 0 aromatic heterocycles. The van der Waals surface area contributed by atoms with E-state index in [1.807, 2.05) is 0 Å². The second-order valence-electron chi connectivity index (χ2n) is 3.50. The van der Waals surface area contributed by atoms with Crippen LogP contribution in [0.4, 0.5) is 0 Å². The summed E-state index contributed by atoms with van der Waals surface area (Å²) in [7, 11) is -9.42. The number of amides is 1. The first kappa shape index (κ1) is 15.6. The van der Waals surface area contributed by atoms with Gasteiger partial charge in [0, 0.05) is 12.1 Å². The van der Waals surface area contributed by atoms with Crippen LogP contribution in [0.3, 0.4) is 0 Å². The standard InChI is InChI=1S/C9H11NO7S2/c1-2-10-9(11)6-3-7(18(12,13)14)5-8(4-6)19(15,16)17/h3-5H,2H2,1H3,(H,10,11)(H,12,13,14)(H,15,16,17). The molecule has 0 bridgehead atoms. The molecule has 1 amide bonds. The minimum absolute atomic E-state index is 0.232. The van der Waals surface area contributed by atoms with Crippen LogP contribution in [0.2, 0.25) is 0 Å². The smallest absolute Gasteiger partial charge is 0.294 e. The van der Waals surface area contributed by atoms with Gasteiger partial charge in [-0.3, -0.25) is 13.9 Å². The summed E-state index contributed by atoms with van der Waals surface area (Å²) in [6.45, 7) is 1.84. The highest BCUT2D eigenvalue weighted by atomic mass is 32.2. The van der Waals surface area contributed by atoms with Crippen molar-refractivity contribution in [2.24, 2.45) is 0 Å². The van der Waals surface area contributed by atoms with E-state index in [1.54, 1.807) is 6.92 Å². The molecule has 10 heteroatoms. The van der Waals surface area contributed by atoms with E-state index in [0.29, 0.717) is 6.07 Å². The lowest BCUT2D eigenvalue weighted by Gasteiger charge is -2.06. The van der Waals surface area contributed by atoms with E-state index in [1.165, 1.54) is 0 Å². The Labute approximate surface area is 109 Å². The van der Waals surface area contributed by atoms with Crippen LogP contribution in [0, 0.1) is 0 Å². The van der Waals surface area contributed by atoms with Gasteiger partial charge in [-0.05, 0) is 25.1 Å². The zero-order valence-corrected chi connectivity index (χ0v) is 11.3. The molecule has 0 spiro atoms. The van der Waals surface area contributed by atoms with Gasteiger partial charge in [0.05, 0.1) is 9.79 Å². The van der Waals surface area contributed by atoms with Crippen LogP contribution in [0.1, 0.15) is 17.3 Å². The Morgan fingerprint density at radius 3 is 1.79 bits per heavy atom. The fraction of sp³-hybridized carbons (Fsp3) is 0.222. The lowest BCUT2D eigenvalue weighted by atomic mass is 10.2. The topological polar surface area (TPSA) is 138 Å². The van der Waals surface area contributed by atoms with Gasteiger partial charge >= 0.3 is 0 Å². The van der Waals surface area contributed by atoms with Crippen molar-refractivity contribution < 1.29 is 30.7 Å². The molecule has 1 aromatic rings. The zero-order valence-electron chi connectivity index (χ0n) is 9.69. The van der Waals surface area contributed by atoms with E-state index in [-0.39, 0.29) is 12.1 Å². The van der Waals surface area contributed by atoms with Gasteiger partial charge < -0.3 is 5.32 Å². The molecule has 0 aliphatic heterocycles. The van der Waals surface area contributed by atoms with Gasteiger partial charge in [0.1, 0.15) is 0 Å². The largest absolute Gasteiger partial charge is 0.352 e. The molecule has 106 valence electrons. The number of hydrogen-bond donors (Lipinski definition) is 3. The Balaban J connectivity index is 3.55.